The van der Waals surface area contributed by atoms with Gasteiger partial charge in [0.1, 0.15) is 5.75 Å². The third-order valence-corrected chi connectivity index (χ3v) is 3.98. The number of benzene rings is 1. The molecule has 0 spiro atoms. The van der Waals surface area contributed by atoms with E-state index in [9.17, 15) is 4.79 Å². The molecule has 0 fully saturated rings. The lowest BCUT2D eigenvalue weighted by molar-refractivity contribution is -0.116. The van der Waals surface area contributed by atoms with E-state index in [4.69, 9.17) is 9.15 Å². The third-order valence-electron chi connectivity index (χ3n) is 3.98. The molecule has 1 aromatic carbocycles. The molecule has 0 radical (unpaired) electrons. The van der Waals surface area contributed by atoms with Crippen LogP contribution in [0.3, 0.4) is 0 Å². The number of aromatic nitrogens is 1. The highest BCUT2D eigenvalue weighted by Crippen LogP contribution is 2.32. The Bertz CT molecular complexity index is 692. The highest BCUT2D eigenvalue weighted by Gasteiger charge is 2.15. The first-order chi connectivity index (χ1) is 11.3. The summed E-state index contributed by atoms with van der Waals surface area (Å²) in [7, 11) is 1.59. The molecule has 1 N–H and O–H groups in total. The Labute approximate surface area is 135 Å². The predicted molar refractivity (Wildman–Crippen MR) is 88.2 cm³/mol. The second-order valence-electron chi connectivity index (χ2n) is 5.65. The van der Waals surface area contributed by atoms with Crippen molar-refractivity contribution in [3.8, 4) is 17.1 Å². The van der Waals surface area contributed by atoms with E-state index in [1.165, 1.54) is 6.39 Å². The third kappa shape index (κ3) is 3.80. The topological polar surface area (TPSA) is 64.4 Å². The Balaban J connectivity index is 1.69. The van der Waals surface area contributed by atoms with E-state index in [1.807, 2.05) is 12.1 Å². The van der Waals surface area contributed by atoms with Crippen LogP contribution < -0.4 is 10.1 Å². The fourth-order valence-electron chi connectivity index (χ4n) is 2.82. The van der Waals surface area contributed by atoms with Crippen LogP contribution in [0.25, 0.3) is 11.3 Å². The number of nitrogens with zero attached hydrogens (tertiary/aromatic N) is 1. The van der Waals surface area contributed by atoms with Gasteiger partial charge in [0.05, 0.1) is 18.9 Å². The van der Waals surface area contributed by atoms with E-state index in [1.54, 1.807) is 19.4 Å². The average Bonchev–Trinajstić information content (AvgIpc) is 3.10. The number of oxazole rings is 1. The molecule has 1 heterocycles. The van der Waals surface area contributed by atoms with Crippen LogP contribution >= 0.6 is 0 Å². The number of hydrogen-bond acceptors (Lipinski definition) is 4. The number of anilines is 1. The number of amides is 1. The van der Waals surface area contributed by atoms with Gasteiger partial charge in [-0.15, -0.1) is 0 Å². The second-order valence-corrected chi connectivity index (χ2v) is 5.65. The normalized spacial score (nSPS) is 17.0. The first kappa shape index (κ1) is 15.3. The van der Waals surface area contributed by atoms with Crippen LogP contribution in [0.15, 0.2) is 47.4 Å². The Morgan fingerprint density at radius 1 is 1.48 bits per heavy atom. The minimum absolute atomic E-state index is 0.0241. The Kier molecular flexibility index (Phi) is 4.76. The molecule has 3 rings (SSSR count). The van der Waals surface area contributed by atoms with Gasteiger partial charge in [-0.1, -0.05) is 12.2 Å². The lowest BCUT2D eigenvalue weighted by Crippen LogP contribution is -2.16. The Morgan fingerprint density at radius 2 is 2.39 bits per heavy atom. The molecular formula is C18H20N2O3. The largest absolute Gasteiger partial charge is 0.496 e. The van der Waals surface area contributed by atoms with Crippen molar-refractivity contribution in [2.24, 2.45) is 5.92 Å². The first-order valence-electron chi connectivity index (χ1n) is 7.79. The van der Waals surface area contributed by atoms with Crippen LogP contribution in [0.5, 0.6) is 5.75 Å². The first-order valence-corrected chi connectivity index (χ1v) is 7.79. The summed E-state index contributed by atoms with van der Waals surface area (Å²) in [6.07, 6.45) is 11.2. The maximum absolute atomic E-state index is 12.2. The van der Waals surface area contributed by atoms with Gasteiger partial charge >= 0.3 is 0 Å². The van der Waals surface area contributed by atoms with Gasteiger partial charge in [-0.3, -0.25) is 4.79 Å². The maximum atomic E-state index is 12.2. The molecule has 0 aliphatic heterocycles. The molecule has 1 aliphatic rings. The fraction of sp³-hybridized carbons (Fsp3) is 0.333. The van der Waals surface area contributed by atoms with Gasteiger partial charge in [-0.25, -0.2) is 4.98 Å². The monoisotopic (exact) mass is 312 g/mol. The van der Waals surface area contributed by atoms with Gasteiger partial charge < -0.3 is 14.5 Å². The van der Waals surface area contributed by atoms with E-state index < -0.39 is 0 Å². The number of carbonyl (C=O) groups excluding carboxylic acids is 1. The van der Waals surface area contributed by atoms with Crippen molar-refractivity contribution in [3.63, 3.8) is 0 Å². The van der Waals surface area contributed by atoms with Crippen LogP contribution in [0.2, 0.25) is 0 Å². The molecule has 0 saturated heterocycles. The van der Waals surface area contributed by atoms with E-state index in [-0.39, 0.29) is 5.91 Å². The molecule has 1 aliphatic carbocycles. The summed E-state index contributed by atoms with van der Waals surface area (Å²) in [6.45, 7) is 0. The fourth-order valence-corrected chi connectivity index (χ4v) is 2.82. The SMILES string of the molecule is COc1cc(NC(=O)CC2C=CCCC2)ccc1-c1cnco1. The van der Waals surface area contributed by atoms with Crippen molar-refractivity contribution in [2.75, 3.05) is 12.4 Å². The van der Waals surface area contributed by atoms with Gasteiger partial charge in [0, 0.05) is 18.2 Å². The average molecular weight is 312 g/mol. The quantitative estimate of drug-likeness (QED) is 0.846. The van der Waals surface area contributed by atoms with Gasteiger partial charge in [0.2, 0.25) is 5.91 Å². The highest BCUT2D eigenvalue weighted by molar-refractivity contribution is 5.91. The molecule has 0 bridgehead atoms. The van der Waals surface area contributed by atoms with Crippen molar-refractivity contribution in [2.45, 2.75) is 25.7 Å². The van der Waals surface area contributed by atoms with E-state index in [0.717, 1.165) is 30.5 Å². The number of methoxy groups -OCH3 is 1. The van der Waals surface area contributed by atoms with Crippen molar-refractivity contribution in [3.05, 3.63) is 42.9 Å². The smallest absolute Gasteiger partial charge is 0.224 e. The van der Waals surface area contributed by atoms with Crippen LogP contribution in [0, 0.1) is 5.92 Å². The summed E-state index contributed by atoms with van der Waals surface area (Å²) in [4.78, 5) is 16.1. The molecule has 1 aromatic heterocycles. The molecule has 5 nitrogen and oxygen atoms in total. The summed E-state index contributed by atoms with van der Waals surface area (Å²) in [6, 6.07) is 5.50. The van der Waals surface area contributed by atoms with Gasteiger partial charge in [0.15, 0.2) is 12.2 Å². The Hall–Kier alpha value is -2.56. The minimum atomic E-state index is 0.0241. The van der Waals surface area contributed by atoms with E-state index in [2.05, 4.69) is 22.5 Å². The number of allylic oxidation sites excluding steroid dienone is 2. The van der Waals surface area contributed by atoms with E-state index in [0.29, 0.717) is 23.8 Å². The van der Waals surface area contributed by atoms with Gasteiger partial charge in [-0.2, -0.15) is 0 Å². The second kappa shape index (κ2) is 7.13. The number of rotatable bonds is 5. The molecule has 0 saturated carbocycles. The van der Waals surface area contributed by atoms with Crippen LogP contribution in [0.1, 0.15) is 25.7 Å². The summed E-state index contributed by atoms with van der Waals surface area (Å²) in [5, 5.41) is 2.94. The summed E-state index contributed by atoms with van der Waals surface area (Å²) < 4.78 is 10.7. The summed E-state index contributed by atoms with van der Waals surface area (Å²) >= 11 is 0. The lowest BCUT2D eigenvalue weighted by atomic mass is 9.93. The van der Waals surface area contributed by atoms with Gasteiger partial charge in [0.25, 0.3) is 0 Å². The standard InChI is InChI=1S/C18H20N2O3/c1-22-16-10-14(7-8-15(16)17-11-19-12-23-17)20-18(21)9-13-5-3-2-4-6-13/h3,5,7-8,10-13H,2,4,6,9H2,1H3,(H,20,21). The van der Waals surface area contributed by atoms with Crippen molar-refractivity contribution >= 4 is 11.6 Å². The number of nitrogens with one attached hydrogen (secondary N) is 1. The lowest BCUT2D eigenvalue weighted by Gasteiger charge is -2.16. The molecule has 120 valence electrons. The molecule has 1 atom stereocenters. The minimum Gasteiger partial charge on any atom is -0.496 e. The zero-order chi connectivity index (χ0) is 16.1. The zero-order valence-electron chi connectivity index (χ0n) is 13.1. The summed E-state index contributed by atoms with van der Waals surface area (Å²) in [5.74, 6) is 1.64. The zero-order valence-corrected chi connectivity index (χ0v) is 13.1. The predicted octanol–water partition coefficient (Wildman–Crippen LogP) is 4.04. The van der Waals surface area contributed by atoms with Crippen LogP contribution in [0.4, 0.5) is 5.69 Å². The molecule has 1 unspecified atom stereocenters. The highest BCUT2D eigenvalue weighted by atomic mass is 16.5. The van der Waals surface area contributed by atoms with E-state index >= 15 is 0 Å². The van der Waals surface area contributed by atoms with Crippen molar-refractivity contribution < 1.29 is 13.9 Å². The maximum Gasteiger partial charge on any atom is 0.224 e. The van der Waals surface area contributed by atoms with Crippen molar-refractivity contribution in [1.82, 2.24) is 4.98 Å². The van der Waals surface area contributed by atoms with Crippen molar-refractivity contribution in [1.29, 1.82) is 0 Å². The molecule has 2 aromatic rings. The molecule has 5 heteroatoms. The van der Waals surface area contributed by atoms with Crippen LogP contribution in [-0.4, -0.2) is 18.0 Å². The summed E-state index contributed by atoms with van der Waals surface area (Å²) in [5.41, 5.74) is 1.52. The molecule has 1 amide bonds. The number of hydrogen-bond donors (Lipinski definition) is 1. The van der Waals surface area contributed by atoms with Crippen LogP contribution in [-0.2, 0) is 4.79 Å². The number of ether oxygens (including phenoxy) is 1. The molecule has 23 heavy (non-hydrogen) atoms. The van der Waals surface area contributed by atoms with Gasteiger partial charge in [-0.05, 0) is 37.3 Å². The number of carbonyl (C=O) groups is 1. The molecular weight excluding hydrogens is 292 g/mol. The Morgan fingerprint density at radius 3 is 3.09 bits per heavy atom.